The van der Waals surface area contributed by atoms with Crippen LogP contribution in [-0.4, -0.2) is 69.2 Å². The van der Waals surface area contributed by atoms with E-state index in [2.05, 4.69) is 10.1 Å². The van der Waals surface area contributed by atoms with Gasteiger partial charge in [0.15, 0.2) is 11.5 Å². The van der Waals surface area contributed by atoms with Crippen molar-refractivity contribution in [1.29, 1.82) is 0 Å². The summed E-state index contributed by atoms with van der Waals surface area (Å²) in [7, 11) is -3.01. The lowest BCUT2D eigenvalue weighted by Crippen LogP contribution is -2.34. The van der Waals surface area contributed by atoms with E-state index in [1.165, 1.54) is 13.3 Å². The zero-order valence-corrected chi connectivity index (χ0v) is 23.9. The Balaban J connectivity index is 1.67. The van der Waals surface area contributed by atoms with Gasteiger partial charge in [-0.25, -0.2) is 17.7 Å². The van der Waals surface area contributed by atoms with E-state index in [0.717, 1.165) is 15.6 Å². The summed E-state index contributed by atoms with van der Waals surface area (Å²) in [5, 5.41) is 25.5. The van der Waals surface area contributed by atoms with E-state index >= 15 is 0 Å². The van der Waals surface area contributed by atoms with Gasteiger partial charge in [-0.2, -0.15) is 0 Å². The highest BCUT2D eigenvalue weighted by molar-refractivity contribution is 7.93. The number of aryl methyl sites for hydroxylation is 1. The molecule has 5 rings (SSSR count). The largest absolute Gasteiger partial charge is 0.454 e. The number of ether oxygens (including phenoxy) is 4. The molecule has 0 amide bonds. The average Bonchev–Trinajstić information content (AvgIpc) is 3.65. The van der Waals surface area contributed by atoms with Gasteiger partial charge in [-0.3, -0.25) is 0 Å². The van der Waals surface area contributed by atoms with E-state index in [-0.39, 0.29) is 53.7 Å². The van der Waals surface area contributed by atoms with E-state index in [9.17, 15) is 18.6 Å². The van der Waals surface area contributed by atoms with Crippen LogP contribution >= 0.6 is 22.9 Å². The Kier molecular flexibility index (Phi) is 8.47. The van der Waals surface area contributed by atoms with Crippen LogP contribution in [0.3, 0.4) is 0 Å². The fourth-order valence-electron chi connectivity index (χ4n) is 4.25. The monoisotopic (exact) mass is 611 g/mol. The Morgan fingerprint density at radius 1 is 1.25 bits per heavy atom. The molecule has 1 aromatic carbocycles. The number of fused-ring (bicyclic) bond motifs is 2. The Hall–Kier alpha value is -2.98. The van der Waals surface area contributed by atoms with Gasteiger partial charge in [0.25, 0.3) is 15.9 Å². The summed E-state index contributed by atoms with van der Waals surface area (Å²) >= 11 is 7.41. The summed E-state index contributed by atoms with van der Waals surface area (Å²) in [5.74, 6) is 0.640. The second kappa shape index (κ2) is 11.9. The van der Waals surface area contributed by atoms with Gasteiger partial charge in [-0.1, -0.05) is 16.8 Å². The second-order valence-electron chi connectivity index (χ2n) is 8.70. The molecule has 0 saturated carbocycles. The molecule has 214 valence electrons. The van der Waals surface area contributed by atoms with Crippen molar-refractivity contribution in [1.82, 2.24) is 10.1 Å². The maximum absolute atomic E-state index is 14.4. The number of sulfonamides is 1. The quantitative estimate of drug-likeness (QED) is 0.179. The van der Waals surface area contributed by atoms with Gasteiger partial charge < -0.3 is 33.7 Å². The molecule has 3 aromatic heterocycles. The van der Waals surface area contributed by atoms with Gasteiger partial charge in [-0.05, 0) is 48.7 Å². The van der Waals surface area contributed by atoms with Crippen molar-refractivity contribution in [2.24, 2.45) is 0 Å². The summed E-state index contributed by atoms with van der Waals surface area (Å²) in [6, 6.07) is 6.47. The number of pyridine rings is 1. The molecular formula is C25H26ClN3O9S2. The molecule has 1 unspecified atom stereocenters. The molecule has 12 nitrogen and oxygen atoms in total. The first-order valence-electron chi connectivity index (χ1n) is 12.1. The summed E-state index contributed by atoms with van der Waals surface area (Å²) < 4.78 is 56.6. The zero-order chi connectivity index (χ0) is 28.4. The molecule has 1 aliphatic rings. The minimum absolute atomic E-state index is 0.000298. The van der Waals surface area contributed by atoms with Crippen molar-refractivity contribution in [3.8, 4) is 11.5 Å². The highest BCUT2D eigenvalue weighted by Crippen LogP contribution is 2.45. The van der Waals surface area contributed by atoms with Crippen molar-refractivity contribution in [2.75, 3.05) is 44.8 Å². The van der Waals surface area contributed by atoms with Gasteiger partial charge >= 0.3 is 0 Å². The number of hydrogen-bond donors (Lipinski definition) is 2. The molecule has 1 atom stereocenters. The van der Waals surface area contributed by atoms with Crippen molar-refractivity contribution in [3.63, 3.8) is 0 Å². The van der Waals surface area contributed by atoms with Gasteiger partial charge in [0, 0.05) is 25.3 Å². The van der Waals surface area contributed by atoms with Gasteiger partial charge in [0.2, 0.25) is 6.79 Å². The maximum Gasteiger partial charge on any atom is 0.270 e. The van der Waals surface area contributed by atoms with Gasteiger partial charge in [-0.15, -0.1) is 11.3 Å². The molecule has 4 heterocycles. The topological polar surface area (TPSA) is 154 Å². The summed E-state index contributed by atoms with van der Waals surface area (Å²) in [4.78, 5) is 4.63. The van der Waals surface area contributed by atoms with Crippen LogP contribution in [0, 0.1) is 6.92 Å². The van der Waals surface area contributed by atoms with Crippen molar-refractivity contribution >= 4 is 49.1 Å². The van der Waals surface area contributed by atoms with Crippen LogP contribution in [0.25, 0.3) is 10.2 Å². The predicted octanol–water partition coefficient (Wildman–Crippen LogP) is 3.41. The normalized spacial score (nSPS) is 13.7. The molecule has 40 heavy (non-hydrogen) atoms. The number of anilines is 1. The third-order valence-corrected chi connectivity index (χ3v) is 9.73. The fraction of sp³-hybridized carbons (Fsp3) is 0.360. The van der Waals surface area contributed by atoms with Gasteiger partial charge in [0.1, 0.15) is 33.3 Å². The molecule has 0 radical (unpaired) electrons. The highest BCUT2D eigenvalue weighted by atomic mass is 35.5. The average molecular weight is 612 g/mol. The van der Waals surface area contributed by atoms with Crippen LogP contribution in [0.15, 0.2) is 39.9 Å². The third kappa shape index (κ3) is 5.23. The fourth-order valence-corrected chi connectivity index (χ4v) is 7.60. The Morgan fingerprint density at radius 3 is 2.73 bits per heavy atom. The number of aliphatic hydroxyl groups excluding tert-OH is 2. The standard InChI is InChI=1S/C25H26ClN3O9S2/c1-14-20(26)25(38-28-14)29(12-35-9-8-34-2)40(32,33)23-16-4-3-6-27-24(16)39-22(23)21(31)17-11-19-18(36-13-37-19)10-15(17)5-7-30/h3-4,6,10-11,21,30-31H,5,7-9,12-13H2,1-2H3. The molecule has 2 N–H and O–H groups in total. The summed E-state index contributed by atoms with van der Waals surface area (Å²) in [6.45, 7) is 1.24. The number of hydrogen-bond acceptors (Lipinski definition) is 12. The molecule has 0 bridgehead atoms. The number of aromatic nitrogens is 2. The SMILES string of the molecule is COCCOCN(c1onc(C)c1Cl)S(=O)(=O)c1c(C(O)c2cc3c(cc2CCO)OCO3)sc2ncccc12. The number of nitrogens with zero attached hydrogens (tertiary/aromatic N) is 3. The smallest absolute Gasteiger partial charge is 0.270 e. The van der Waals surface area contributed by atoms with E-state index in [4.69, 9.17) is 35.1 Å². The summed E-state index contributed by atoms with van der Waals surface area (Å²) in [6.07, 6.45) is 0.301. The van der Waals surface area contributed by atoms with E-state index < -0.39 is 22.9 Å². The minimum atomic E-state index is -4.50. The molecule has 0 spiro atoms. The number of aliphatic hydroxyl groups is 2. The first-order chi connectivity index (χ1) is 19.3. The van der Waals surface area contributed by atoms with Crippen LogP contribution in [0.4, 0.5) is 5.88 Å². The molecule has 0 aliphatic carbocycles. The van der Waals surface area contributed by atoms with Crippen LogP contribution in [0.2, 0.25) is 5.02 Å². The third-order valence-electron chi connectivity index (χ3n) is 6.19. The number of methoxy groups -OCH3 is 1. The number of halogens is 1. The Labute approximate surface area is 238 Å². The minimum Gasteiger partial charge on any atom is -0.454 e. The van der Waals surface area contributed by atoms with Crippen LogP contribution in [0.5, 0.6) is 11.5 Å². The predicted molar refractivity (Wildman–Crippen MR) is 146 cm³/mol. The van der Waals surface area contributed by atoms with Crippen LogP contribution in [0.1, 0.15) is 27.8 Å². The highest BCUT2D eigenvalue weighted by Gasteiger charge is 2.38. The van der Waals surface area contributed by atoms with E-state index in [1.54, 1.807) is 31.2 Å². The van der Waals surface area contributed by atoms with Crippen LogP contribution < -0.4 is 13.8 Å². The van der Waals surface area contributed by atoms with Crippen molar-refractivity contribution in [2.45, 2.75) is 24.3 Å². The molecule has 15 heteroatoms. The molecular weight excluding hydrogens is 586 g/mol. The second-order valence-corrected chi connectivity index (χ2v) is 11.9. The maximum atomic E-state index is 14.4. The Bertz CT molecular complexity index is 1620. The first-order valence-corrected chi connectivity index (χ1v) is 14.7. The lowest BCUT2D eigenvalue weighted by molar-refractivity contribution is 0.0744. The molecule has 0 saturated heterocycles. The van der Waals surface area contributed by atoms with Crippen molar-refractivity contribution < 1.29 is 42.1 Å². The molecule has 0 fully saturated rings. The van der Waals surface area contributed by atoms with E-state index in [1.807, 2.05) is 0 Å². The number of thiophene rings is 1. The zero-order valence-electron chi connectivity index (χ0n) is 21.5. The van der Waals surface area contributed by atoms with Gasteiger partial charge in [0.05, 0.1) is 18.1 Å². The molecule has 1 aliphatic heterocycles. The Morgan fingerprint density at radius 2 is 2.02 bits per heavy atom. The lowest BCUT2D eigenvalue weighted by Gasteiger charge is -2.23. The number of benzene rings is 1. The van der Waals surface area contributed by atoms with Crippen LogP contribution in [-0.2, 0) is 25.9 Å². The summed E-state index contributed by atoms with van der Waals surface area (Å²) in [5.41, 5.74) is 1.22. The lowest BCUT2D eigenvalue weighted by atomic mass is 9.98. The first kappa shape index (κ1) is 28.5. The number of rotatable bonds is 12. The van der Waals surface area contributed by atoms with Crippen molar-refractivity contribution in [3.05, 3.63) is 57.2 Å². The van der Waals surface area contributed by atoms with E-state index in [0.29, 0.717) is 38.5 Å². The molecule has 4 aromatic rings.